The van der Waals surface area contributed by atoms with E-state index in [1.165, 1.54) is 18.2 Å². The molecule has 2 aromatic rings. The van der Waals surface area contributed by atoms with Gasteiger partial charge < -0.3 is 19.9 Å². The molecule has 7 heteroatoms. The van der Waals surface area contributed by atoms with Crippen LogP contribution in [0.4, 0.5) is 10.1 Å². The van der Waals surface area contributed by atoms with E-state index in [4.69, 9.17) is 10.00 Å². The summed E-state index contributed by atoms with van der Waals surface area (Å²) in [7, 11) is 0. The van der Waals surface area contributed by atoms with E-state index < -0.39 is 0 Å². The summed E-state index contributed by atoms with van der Waals surface area (Å²) in [6.07, 6.45) is 3.16. The number of carbonyl (C=O) groups excluding carboxylic acids is 1. The van der Waals surface area contributed by atoms with Crippen molar-refractivity contribution in [3.63, 3.8) is 0 Å². The Kier molecular flexibility index (Phi) is 8.23. The van der Waals surface area contributed by atoms with Gasteiger partial charge in [0.15, 0.2) is 6.61 Å². The van der Waals surface area contributed by atoms with Gasteiger partial charge in [-0.2, -0.15) is 5.26 Å². The van der Waals surface area contributed by atoms with E-state index in [9.17, 15) is 9.18 Å². The highest BCUT2D eigenvalue weighted by atomic mass is 19.1. The third kappa shape index (κ3) is 6.32. The Balaban J connectivity index is 1.64. The fourth-order valence-electron chi connectivity index (χ4n) is 3.77. The van der Waals surface area contributed by atoms with Gasteiger partial charge in [0, 0.05) is 43.5 Å². The smallest absolute Gasteiger partial charge is 0.244 e. The van der Waals surface area contributed by atoms with Crippen LogP contribution in [-0.4, -0.2) is 50.1 Å². The zero-order valence-electron chi connectivity index (χ0n) is 18.6. The molecular weight excluding hydrogens is 407 g/mol. The highest BCUT2D eigenvalue weighted by Gasteiger charge is 2.21. The topological polar surface area (TPSA) is 68.6 Å². The number of piperazine rings is 1. The Morgan fingerprint density at radius 2 is 1.94 bits per heavy atom. The Bertz CT molecular complexity index is 976. The second-order valence-corrected chi connectivity index (χ2v) is 7.70. The van der Waals surface area contributed by atoms with Crippen molar-refractivity contribution in [2.75, 3.05) is 44.2 Å². The minimum atomic E-state index is -0.344. The number of nitrogens with zero attached hydrogens (tertiary/aromatic N) is 3. The molecule has 1 atom stereocenters. The molecule has 1 aliphatic rings. The number of benzene rings is 2. The zero-order valence-corrected chi connectivity index (χ0v) is 18.6. The molecule has 1 amide bonds. The SMILES string of the molecule is CCN1CCN(c2ccc(F)cc2C(C)NC(=O)/C=C/c2ccc(OCC#N)cc2)CC1. The fourth-order valence-corrected chi connectivity index (χ4v) is 3.77. The first-order chi connectivity index (χ1) is 15.5. The van der Waals surface area contributed by atoms with E-state index in [1.807, 2.05) is 13.0 Å². The summed E-state index contributed by atoms with van der Waals surface area (Å²) < 4.78 is 19.2. The molecule has 1 aliphatic heterocycles. The zero-order chi connectivity index (χ0) is 22.9. The number of rotatable bonds is 8. The third-order valence-corrected chi connectivity index (χ3v) is 5.59. The van der Waals surface area contributed by atoms with Crippen molar-refractivity contribution >= 4 is 17.7 Å². The lowest BCUT2D eigenvalue weighted by molar-refractivity contribution is -0.117. The molecule has 1 unspecified atom stereocenters. The van der Waals surface area contributed by atoms with Crippen LogP contribution in [-0.2, 0) is 4.79 Å². The minimum Gasteiger partial charge on any atom is -0.479 e. The summed E-state index contributed by atoms with van der Waals surface area (Å²) in [4.78, 5) is 17.1. The van der Waals surface area contributed by atoms with Crippen molar-refractivity contribution in [2.45, 2.75) is 19.9 Å². The number of hydrogen-bond acceptors (Lipinski definition) is 5. The Hall–Kier alpha value is -3.37. The molecule has 0 aliphatic carbocycles. The summed E-state index contributed by atoms with van der Waals surface area (Å²) in [5.74, 6) is 0.0276. The number of halogens is 1. The maximum Gasteiger partial charge on any atom is 0.244 e. The Morgan fingerprint density at radius 1 is 1.22 bits per heavy atom. The average molecular weight is 437 g/mol. The summed E-state index contributed by atoms with van der Waals surface area (Å²) in [6.45, 7) is 8.73. The van der Waals surface area contributed by atoms with Gasteiger partial charge in [-0.3, -0.25) is 4.79 Å². The molecule has 0 spiro atoms. The predicted molar refractivity (Wildman–Crippen MR) is 124 cm³/mol. The minimum absolute atomic E-state index is 0.00810. The summed E-state index contributed by atoms with van der Waals surface area (Å²) in [5.41, 5.74) is 2.57. The van der Waals surface area contributed by atoms with Gasteiger partial charge in [-0.25, -0.2) is 4.39 Å². The lowest BCUT2D eigenvalue weighted by Crippen LogP contribution is -2.46. The molecule has 168 valence electrons. The first-order valence-corrected chi connectivity index (χ1v) is 10.8. The molecule has 6 nitrogen and oxygen atoms in total. The molecule has 0 radical (unpaired) electrons. The van der Waals surface area contributed by atoms with Gasteiger partial charge in [-0.05, 0) is 55.4 Å². The lowest BCUT2D eigenvalue weighted by atomic mass is 10.0. The van der Waals surface area contributed by atoms with Crippen LogP contribution >= 0.6 is 0 Å². The standard InChI is InChI=1S/C25H29FN4O2/c1-3-29-13-15-30(16-14-29)24-10-7-21(26)18-23(24)19(2)28-25(31)11-6-20-4-8-22(9-5-20)32-17-12-27/h4-11,18-19H,3,13-17H2,1-2H3,(H,28,31)/b11-6+. The molecule has 3 rings (SSSR count). The van der Waals surface area contributed by atoms with Gasteiger partial charge in [0.05, 0.1) is 6.04 Å². The molecule has 32 heavy (non-hydrogen) atoms. The first-order valence-electron chi connectivity index (χ1n) is 10.8. The van der Waals surface area contributed by atoms with Gasteiger partial charge in [0.2, 0.25) is 5.91 Å². The fraction of sp³-hybridized carbons (Fsp3) is 0.360. The van der Waals surface area contributed by atoms with Gasteiger partial charge >= 0.3 is 0 Å². The van der Waals surface area contributed by atoms with Crippen LogP contribution in [0.1, 0.15) is 31.0 Å². The number of hydrogen-bond donors (Lipinski definition) is 1. The second-order valence-electron chi connectivity index (χ2n) is 7.70. The predicted octanol–water partition coefficient (Wildman–Crippen LogP) is 3.76. The average Bonchev–Trinajstić information content (AvgIpc) is 2.82. The van der Waals surface area contributed by atoms with Crippen LogP contribution < -0.4 is 15.0 Å². The number of nitriles is 1. The van der Waals surface area contributed by atoms with Crippen LogP contribution in [0.3, 0.4) is 0 Å². The molecule has 1 fully saturated rings. The van der Waals surface area contributed by atoms with Crippen molar-refractivity contribution in [1.29, 1.82) is 5.26 Å². The third-order valence-electron chi connectivity index (χ3n) is 5.59. The summed E-state index contributed by atoms with van der Waals surface area (Å²) >= 11 is 0. The van der Waals surface area contributed by atoms with Crippen LogP contribution in [0.5, 0.6) is 5.75 Å². The number of ether oxygens (including phenoxy) is 1. The molecule has 1 saturated heterocycles. The monoisotopic (exact) mass is 436 g/mol. The Labute approximate surface area is 188 Å². The molecule has 0 saturated carbocycles. The van der Waals surface area contributed by atoms with E-state index in [0.717, 1.165) is 49.5 Å². The van der Waals surface area contributed by atoms with Gasteiger partial charge in [0.25, 0.3) is 0 Å². The maximum atomic E-state index is 14.0. The molecule has 1 heterocycles. The van der Waals surface area contributed by atoms with Crippen molar-refractivity contribution < 1.29 is 13.9 Å². The molecule has 0 bridgehead atoms. The van der Waals surface area contributed by atoms with Crippen LogP contribution in [0.25, 0.3) is 6.08 Å². The van der Waals surface area contributed by atoms with Crippen LogP contribution in [0.15, 0.2) is 48.5 Å². The first kappa shape index (κ1) is 23.3. The molecule has 0 aromatic heterocycles. The maximum absolute atomic E-state index is 14.0. The van der Waals surface area contributed by atoms with Crippen molar-refractivity contribution in [1.82, 2.24) is 10.2 Å². The second kappa shape index (κ2) is 11.3. The normalized spacial score (nSPS) is 15.4. The number of amides is 1. The van der Waals surface area contributed by atoms with Crippen molar-refractivity contribution in [3.8, 4) is 11.8 Å². The van der Waals surface area contributed by atoms with E-state index >= 15 is 0 Å². The Morgan fingerprint density at radius 3 is 2.59 bits per heavy atom. The van der Waals surface area contributed by atoms with Crippen molar-refractivity contribution in [3.05, 3.63) is 65.5 Å². The highest BCUT2D eigenvalue weighted by Crippen LogP contribution is 2.28. The number of anilines is 1. The lowest BCUT2D eigenvalue weighted by Gasteiger charge is -2.37. The van der Waals surface area contributed by atoms with Gasteiger partial charge in [-0.1, -0.05) is 19.1 Å². The summed E-state index contributed by atoms with van der Waals surface area (Å²) in [5, 5.41) is 11.5. The van der Waals surface area contributed by atoms with E-state index in [-0.39, 0.29) is 24.4 Å². The molecular formula is C25H29FN4O2. The number of carbonyl (C=O) groups is 1. The van der Waals surface area contributed by atoms with Gasteiger partial charge in [-0.15, -0.1) is 0 Å². The highest BCUT2D eigenvalue weighted by molar-refractivity contribution is 5.92. The molecule has 1 N–H and O–H groups in total. The van der Waals surface area contributed by atoms with Crippen molar-refractivity contribution in [2.24, 2.45) is 0 Å². The number of likely N-dealkylation sites (N-methyl/N-ethyl adjacent to an activating group) is 1. The quantitative estimate of drug-likeness (QED) is 0.638. The van der Waals surface area contributed by atoms with Gasteiger partial charge in [0.1, 0.15) is 17.6 Å². The number of nitrogens with one attached hydrogen (secondary N) is 1. The van der Waals surface area contributed by atoms with Crippen LogP contribution in [0.2, 0.25) is 0 Å². The molecule has 2 aromatic carbocycles. The van der Waals surface area contributed by atoms with E-state index in [1.54, 1.807) is 36.4 Å². The summed E-state index contributed by atoms with van der Waals surface area (Å²) in [6, 6.07) is 13.5. The van der Waals surface area contributed by atoms with E-state index in [0.29, 0.717) is 5.75 Å². The van der Waals surface area contributed by atoms with Crippen LogP contribution in [0, 0.1) is 17.1 Å². The van der Waals surface area contributed by atoms with E-state index in [2.05, 4.69) is 22.0 Å². The largest absolute Gasteiger partial charge is 0.479 e.